The molecule has 3 heteroatoms. The maximum atomic E-state index is 11.1. The van der Waals surface area contributed by atoms with Crippen LogP contribution in [0.25, 0.3) is 0 Å². The predicted molar refractivity (Wildman–Crippen MR) is 48.1 cm³/mol. The van der Waals surface area contributed by atoms with Gasteiger partial charge in [0.2, 0.25) is 0 Å². The van der Waals surface area contributed by atoms with E-state index < -0.39 is 0 Å². The lowest BCUT2D eigenvalue weighted by Crippen LogP contribution is -2.43. The van der Waals surface area contributed by atoms with Crippen LogP contribution in [0.5, 0.6) is 0 Å². The summed E-state index contributed by atoms with van der Waals surface area (Å²) in [7, 11) is 0. The molecule has 66 valence electrons. The molecule has 0 amide bonds. The molecule has 0 atom stereocenters. The van der Waals surface area contributed by atoms with E-state index in [1.807, 2.05) is 13.8 Å². The van der Waals surface area contributed by atoms with Crippen molar-refractivity contribution < 1.29 is 4.79 Å². The molecule has 11 heavy (non-hydrogen) atoms. The van der Waals surface area contributed by atoms with Gasteiger partial charge in [-0.05, 0) is 19.0 Å². The number of nitrogens with one attached hydrogen (secondary N) is 1. The second-order valence-electron chi connectivity index (χ2n) is 3.35. The van der Waals surface area contributed by atoms with Crippen LogP contribution in [0, 0.1) is 11.8 Å². The van der Waals surface area contributed by atoms with Gasteiger partial charge >= 0.3 is 0 Å². The lowest BCUT2D eigenvalue weighted by molar-refractivity contribution is -0.123. The third-order valence-corrected chi connectivity index (χ3v) is 2.00. The number of rotatable bonds is 3. The maximum absolute atomic E-state index is 11.1. The second-order valence-corrected chi connectivity index (χ2v) is 3.35. The Kier molecular flexibility index (Phi) is 4.69. The molecule has 0 bridgehead atoms. The molecule has 0 radical (unpaired) electrons. The Morgan fingerprint density at radius 1 is 1.55 bits per heavy atom. The molecule has 0 aromatic rings. The van der Waals surface area contributed by atoms with E-state index in [4.69, 9.17) is 0 Å². The molecule has 1 heterocycles. The lowest BCUT2D eigenvalue weighted by Gasteiger charge is -2.26. The highest BCUT2D eigenvalue weighted by atomic mass is 35.5. The minimum absolute atomic E-state index is 0. The van der Waals surface area contributed by atoms with Gasteiger partial charge in [-0.2, -0.15) is 0 Å². The van der Waals surface area contributed by atoms with Crippen molar-refractivity contribution in [3.8, 4) is 0 Å². The summed E-state index contributed by atoms with van der Waals surface area (Å²) in [6.45, 7) is 6.01. The fraction of sp³-hybridized carbons (Fsp3) is 0.875. The summed E-state index contributed by atoms with van der Waals surface area (Å²) in [5.74, 6) is 1.27. The van der Waals surface area contributed by atoms with E-state index in [1.165, 1.54) is 0 Å². The normalized spacial score (nSPS) is 17.4. The third-order valence-electron chi connectivity index (χ3n) is 2.00. The van der Waals surface area contributed by atoms with E-state index in [0.29, 0.717) is 11.7 Å². The highest BCUT2D eigenvalue weighted by molar-refractivity contribution is 5.85. The van der Waals surface area contributed by atoms with E-state index in [9.17, 15) is 4.79 Å². The molecular formula is C8H16ClNO. The number of hydrogen-bond acceptors (Lipinski definition) is 2. The number of ketones is 1. The molecule has 0 saturated carbocycles. The Morgan fingerprint density at radius 2 is 2.09 bits per heavy atom. The van der Waals surface area contributed by atoms with Gasteiger partial charge in [-0.25, -0.2) is 0 Å². The van der Waals surface area contributed by atoms with Crippen molar-refractivity contribution in [2.24, 2.45) is 11.8 Å². The van der Waals surface area contributed by atoms with Gasteiger partial charge in [-0.3, -0.25) is 4.79 Å². The molecule has 1 saturated heterocycles. The smallest absolute Gasteiger partial charge is 0.135 e. The number of Topliss-reactive ketones (excluding diaryl/α,β-unsaturated/α-hetero) is 1. The van der Waals surface area contributed by atoms with Crippen molar-refractivity contribution in [1.29, 1.82) is 0 Å². The van der Waals surface area contributed by atoms with Crippen molar-refractivity contribution in [1.82, 2.24) is 5.32 Å². The van der Waals surface area contributed by atoms with Crippen molar-refractivity contribution in [2.75, 3.05) is 13.1 Å². The van der Waals surface area contributed by atoms with Crippen LogP contribution in [0.2, 0.25) is 0 Å². The first-order valence-electron chi connectivity index (χ1n) is 3.93. The van der Waals surface area contributed by atoms with E-state index in [-0.39, 0.29) is 18.3 Å². The van der Waals surface area contributed by atoms with Crippen molar-refractivity contribution in [3.63, 3.8) is 0 Å². The Labute approximate surface area is 74.2 Å². The van der Waals surface area contributed by atoms with Gasteiger partial charge in [0.1, 0.15) is 5.78 Å². The summed E-state index contributed by atoms with van der Waals surface area (Å²) in [5, 5.41) is 3.15. The maximum Gasteiger partial charge on any atom is 0.135 e. The lowest BCUT2D eigenvalue weighted by atomic mass is 9.92. The van der Waals surface area contributed by atoms with Crippen LogP contribution in [-0.4, -0.2) is 18.9 Å². The van der Waals surface area contributed by atoms with Crippen LogP contribution in [0.3, 0.4) is 0 Å². The zero-order valence-corrected chi connectivity index (χ0v) is 7.91. The van der Waals surface area contributed by atoms with Gasteiger partial charge in [0.05, 0.1) is 0 Å². The van der Waals surface area contributed by atoms with Gasteiger partial charge in [0.25, 0.3) is 0 Å². The number of halogens is 1. The Balaban J connectivity index is 0.000001000. The molecule has 0 spiro atoms. The van der Waals surface area contributed by atoms with Crippen molar-refractivity contribution >= 4 is 18.2 Å². The van der Waals surface area contributed by atoms with Crippen LogP contribution >= 0.6 is 12.4 Å². The Bertz CT molecular complexity index is 132. The average molecular weight is 178 g/mol. The molecule has 1 fully saturated rings. The van der Waals surface area contributed by atoms with Crippen LogP contribution in [0.1, 0.15) is 20.3 Å². The zero-order valence-electron chi connectivity index (χ0n) is 7.09. The van der Waals surface area contributed by atoms with Crippen LogP contribution in [-0.2, 0) is 4.79 Å². The van der Waals surface area contributed by atoms with Crippen LogP contribution < -0.4 is 5.32 Å². The zero-order chi connectivity index (χ0) is 7.56. The second kappa shape index (κ2) is 4.73. The molecule has 1 N–H and O–H groups in total. The quantitative estimate of drug-likeness (QED) is 0.703. The van der Waals surface area contributed by atoms with Gasteiger partial charge in [-0.1, -0.05) is 13.8 Å². The minimum atomic E-state index is 0. The monoisotopic (exact) mass is 177 g/mol. The molecule has 2 nitrogen and oxygen atoms in total. The standard InChI is InChI=1S/C8H15NO.ClH/c1-6(2)8(10)3-7-4-9-5-7;/h6-7,9H,3-5H2,1-2H3;1H. The van der Waals surface area contributed by atoms with Gasteiger partial charge in [0, 0.05) is 12.3 Å². The topological polar surface area (TPSA) is 29.1 Å². The summed E-state index contributed by atoms with van der Waals surface area (Å²) in [6.07, 6.45) is 0.782. The van der Waals surface area contributed by atoms with Crippen molar-refractivity contribution in [2.45, 2.75) is 20.3 Å². The van der Waals surface area contributed by atoms with E-state index in [0.717, 1.165) is 19.5 Å². The average Bonchev–Trinajstić information content (AvgIpc) is 1.77. The fourth-order valence-corrected chi connectivity index (χ4v) is 1.01. The minimum Gasteiger partial charge on any atom is -0.316 e. The van der Waals surface area contributed by atoms with E-state index in [1.54, 1.807) is 0 Å². The fourth-order valence-electron chi connectivity index (χ4n) is 1.01. The molecule has 0 aromatic heterocycles. The molecule has 1 rings (SSSR count). The van der Waals surface area contributed by atoms with Crippen molar-refractivity contribution in [3.05, 3.63) is 0 Å². The largest absolute Gasteiger partial charge is 0.316 e. The Hall–Kier alpha value is -0.0800. The highest BCUT2D eigenvalue weighted by Gasteiger charge is 2.20. The predicted octanol–water partition coefficient (Wildman–Crippen LogP) is 1.24. The Morgan fingerprint density at radius 3 is 2.36 bits per heavy atom. The molecule has 0 aliphatic carbocycles. The van der Waals surface area contributed by atoms with Crippen LogP contribution in [0.15, 0.2) is 0 Å². The SMILES string of the molecule is CC(C)C(=O)CC1CNC1.Cl. The summed E-state index contributed by atoms with van der Waals surface area (Å²) >= 11 is 0. The molecule has 0 unspecified atom stereocenters. The van der Waals surface area contributed by atoms with Gasteiger partial charge in [-0.15, -0.1) is 12.4 Å². The number of carbonyl (C=O) groups excluding carboxylic acids is 1. The van der Waals surface area contributed by atoms with E-state index in [2.05, 4.69) is 5.32 Å². The molecule has 0 aromatic carbocycles. The summed E-state index contributed by atoms with van der Waals surface area (Å²) in [6, 6.07) is 0. The number of carbonyl (C=O) groups is 1. The first-order chi connectivity index (χ1) is 4.70. The first-order valence-corrected chi connectivity index (χ1v) is 3.93. The highest BCUT2D eigenvalue weighted by Crippen LogP contribution is 2.11. The summed E-state index contributed by atoms with van der Waals surface area (Å²) < 4.78 is 0. The van der Waals surface area contributed by atoms with Gasteiger partial charge in [0.15, 0.2) is 0 Å². The number of hydrogen-bond donors (Lipinski definition) is 1. The molecule has 1 aliphatic rings. The third kappa shape index (κ3) is 3.21. The van der Waals surface area contributed by atoms with Crippen LogP contribution in [0.4, 0.5) is 0 Å². The molecule has 1 aliphatic heterocycles. The summed E-state index contributed by atoms with van der Waals surface area (Å²) in [5.41, 5.74) is 0. The van der Waals surface area contributed by atoms with Gasteiger partial charge < -0.3 is 5.32 Å². The van der Waals surface area contributed by atoms with E-state index >= 15 is 0 Å². The summed E-state index contributed by atoms with van der Waals surface area (Å²) in [4.78, 5) is 11.1. The molecular weight excluding hydrogens is 162 g/mol. The first kappa shape index (κ1) is 10.9.